The van der Waals surface area contributed by atoms with E-state index < -0.39 is 0 Å². The van der Waals surface area contributed by atoms with Gasteiger partial charge in [0.1, 0.15) is 0 Å². The monoisotopic (exact) mass is 314 g/mol. The van der Waals surface area contributed by atoms with Gasteiger partial charge in [0.2, 0.25) is 11.7 Å². The molecule has 5 nitrogen and oxygen atoms in total. The van der Waals surface area contributed by atoms with E-state index in [1.54, 1.807) is 6.92 Å². The van der Waals surface area contributed by atoms with E-state index in [-0.39, 0.29) is 23.9 Å². The molecule has 2 heterocycles. The lowest BCUT2D eigenvalue weighted by Gasteiger charge is -2.13. The molecule has 1 fully saturated rings. The first-order chi connectivity index (χ1) is 11.0. The van der Waals surface area contributed by atoms with Gasteiger partial charge in [-0.3, -0.25) is 4.79 Å². The molecule has 0 spiro atoms. The Balaban J connectivity index is 1.67. The fourth-order valence-corrected chi connectivity index (χ4v) is 3.02. The summed E-state index contributed by atoms with van der Waals surface area (Å²) < 4.78 is 11.4. The number of benzene rings is 1. The first-order valence-corrected chi connectivity index (χ1v) is 8.01. The van der Waals surface area contributed by atoms with Crippen LogP contribution < -0.4 is 5.32 Å². The van der Waals surface area contributed by atoms with E-state index in [1.807, 2.05) is 37.3 Å². The van der Waals surface area contributed by atoms with Crippen molar-refractivity contribution >= 4 is 5.91 Å². The summed E-state index contributed by atoms with van der Waals surface area (Å²) >= 11 is 0. The molecule has 0 bridgehead atoms. The highest BCUT2D eigenvalue weighted by Crippen LogP contribution is 2.26. The molecule has 1 aromatic heterocycles. The number of nitrogens with one attached hydrogen (secondary N) is 1. The number of oxazole rings is 1. The van der Waals surface area contributed by atoms with Gasteiger partial charge in [0.05, 0.1) is 17.9 Å². The largest absolute Gasteiger partial charge is 0.431 e. The fraction of sp³-hybridized carbons (Fsp3) is 0.444. The first kappa shape index (κ1) is 15.7. The molecule has 0 radical (unpaired) electrons. The van der Waals surface area contributed by atoms with Crippen LogP contribution in [0.2, 0.25) is 0 Å². The normalized spacial score (nSPS) is 23.9. The summed E-state index contributed by atoms with van der Waals surface area (Å²) in [5.41, 5.74) is 1.46. The molecule has 0 saturated carbocycles. The molecule has 0 unspecified atom stereocenters. The summed E-state index contributed by atoms with van der Waals surface area (Å²) in [6.07, 6.45) is 1.39. The summed E-state index contributed by atoms with van der Waals surface area (Å²) in [5.74, 6) is 0.873. The molecule has 1 aliphatic rings. The minimum atomic E-state index is -0.219. The number of ether oxygens (including phenoxy) is 1. The Morgan fingerprint density at radius 2 is 2.04 bits per heavy atom. The predicted molar refractivity (Wildman–Crippen MR) is 87.1 cm³/mol. The highest BCUT2D eigenvalue weighted by atomic mass is 16.5. The van der Waals surface area contributed by atoms with Crippen molar-refractivity contribution in [3.05, 3.63) is 41.8 Å². The third-order valence-corrected chi connectivity index (χ3v) is 4.29. The molecule has 5 heteroatoms. The Kier molecular flexibility index (Phi) is 4.48. The van der Waals surface area contributed by atoms with Gasteiger partial charge in [0.25, 0.3) is 5.91 Å². The van der Waals surface area contributed by atoms with Crippen molar-refractivity contribution in [3.63, 3.8) is 0 Å². The Bertz CT molecular complexity index is 681. The smallest absolute Gasteiger partial charge is 0.289 e. The van der Waals surface area contributed by atoms with Gasteiger partial charge >= 0.3 is 0 Å². The van der Waals surface area contributed by atoms with Crippen LogP contribution in [0.4, 0.5) is 0 Å². The number of rotatable bonds is 4. The van der Waals surface area contributed by atoms with Gasteiger partial charge in [-0.15, -0.1) is 0 Å². The second kappa shape index (κ2) is 6.54. The molecule has 23 heavy (non-hydrogen) atoms. The predicted octanol–water partition coefficient (Wildman–Crippen LogP) is 3.19. The molecule has 0 aliphatic carbocycles. The van der Waals surface area contributed by atoms with E-state index in [0.717, 1.165) is 12.0 Å². The lowest BCUT2D eigenvalue weighted by molar-refractivity contribution is 0.0556. The van der Waals surface area contributed by atoms with Crippen molar-refractivity contribution in [2.24, 2.45) is 5.92 Å². The maximum atomic E-state index is 12.4. The Labute approximate surface area is 136 Å². The summed E-state index contributed by atoms with van der Waals surface area (Å²) in [6.45, 7) is 6.48. The van der Waals surface area contributed by atoms with Crippen LogP contribution in [-0.2, 0) is 4.74 Å². The molecule has 1 amide bonds. The Morgan fingerprint density at radius 1 is 1.30 bits per heavy atom. The van der Waals surface area contributed by atoms with Crippen molar-refractivity contribution in [2.75, 3.05) is 6.54 Å². The lowest BCUT2D eigenvalue weighted by atomic mass is 10.0. The lowest BCUT2D eigenvalue weighted by Crippen LogP contribution is -2.32. The van der Waals surface area contributed by atoms with Gasteiger partial charge in [-0.05, 0) is 39.3 Å². The van der Waals surface area contributed by atoms with E-state index in [9.17, 15) is 4.79 Å². The number of hydrogen-bond acceptors (Lipinski definition) is 4. The highest BCUT2D eigenvalue weighted by molar-refractivity contribution is 5.92. The maximum Gasteiger partial charge on any atom is 0.289 e. The second-order valence-corrected chi connectivity index (χ2v) is 6.16. The maximum absolute atomic E-state index is 12.4. The fourth-order valence-electron chi connectivity index (χ4n) is 3.02. The summed E-state index contributed by atoms with van der Waals surface area (Å²) in [6, 6.07) is 9.57. The van der Waals surface area contributed by atoms with Gasteiger partial charge in [-0.1, -0.05) is 18.2 Å². The van der Waals surface area contributed by atoms with Gasteiger partial charge in [0.15, 0.2) is 0 Å². The van der Waals surface area contributed by atoms with Gasteiger partial charge in [-0.25, -0.2) is 4.98 Å². The standard InChI is InChI=1S/C18H22N2O3/c1-11-9-15(13(3)22-11)10-19-17(21)16-12(2)20-18(23-16)14-7-5-4-6-8-14/h4-8,11,13,15H,9-10H2,1-3H3,(H,19,21)/t11-,13-,15-/m0/s1. The van der Waals surface area contributed by atoms with E-state index in [1.165, 1.54) is 0 Å². The van der Waals surface area contributed by atoms with E-state index in [0.29, 0.717) is 24.0 Å². The first-order valence-electron chi connectivity index (χ1n) is 8.01. The van der Waals surface area contributed by atoms with Crippen LogP contribution in [0.5, 0.6) is 0 Å². The van der Waals surface area contributed by atoms with Crippen molar-refractivity contribution in [2.45, 2.75) is 39.4 Å². The number of nitrogens with zero attached hydrogens (tertiary/aromatic N) is 1. The molecular weight excluding hydrogens is 292 g/mol. The van der Waals surface area contributed by atoms with Crippen LogP contribution in [0.1, 0.15) is 36.5 Å². The second-order valence-electron chi connectivity index (χ2n) is 6.16. The number of carbonyl (C=O) groups is 1. The number of aromatic nitrogens is 1. The van der Waals surface area contributed by atoms with Crippen LogP contribution in [0.25, 0.3) is 11.5 Å². The minimum absolute atomic E-state index is 0.168. The molecule has 3 atom stereocenters. The zero-order chi connectivity index (χ0) is 16.4. The Hall–Kier alpha value is -2.14. The summed E-state index contributed by atoms with van der Waals surface area (Å²) in [5, 5.41) is 2.94. The molecule has 1 N–H and O–H groups in total. The molecule has 2 aromatic rings. The van der Waals surface area contributed by atoms with Crippen molar-refractivity contribution in [1.29, 1.82) is 0 Å². The van der Waals surface area contributed by atoms with Gasteiger partial charge in [0, 0.05) is 18.0 Å². The average molecular weight is 314 g/mol. The minimum Gasteiger partial charge on any atom is -0.431 e. The van der Waals surface area contributed by atoms with E-state index in [2.05, 4.69) is 17.2 Å². The summed E-state index contributed by atoms with van der Waals surface area (Å²) in [7, 11) is 0. The van der Waals surface area contributed by atoms with Crippen LogP contribution >= 0.6 is 0 Å². The third-order valence-electron chi connectivity index (χ3n) is 4.29. The van der Waals surface area contributed by atoms with Crippen LogP contribution in [0, 0.1) is 12.8 Å². The van der Waals surface area contributed by atoms with E-state index >= 15 is 0 Å². The highest BCUT2D eigenvalue weighted by Gasteiger charge is 2.30. The van der Waals surface area contributed by atoms with Crippen LogP contribution in [0.15, 0.2) is 34.7 Å². The van der Waals surface area contributed by atoms with Crippen LogP contribution in [-0.4, -0.2) is 29.6 Å². The Morgan fingerprint density at radius 3 is 2.70 bits per heavy atom. The van der Waals surface area contributed by atoms with E-state index in [4.69, 9.17) is 9.15 Å². The molecule has 1 aromatic carbocycles. The zero-order valence-electron chi connectivity index (χ0n) is 13.7. The van der Waals surface area contributed by atoms with Crippen molar-refractivity contribution < 1.29 is 13.9 Å². The van der Waals surface area contributed by atoms with Gasteiger partial charge < -0.3 is 14.5 Å². The number of aryl methyl sites for hydroxylation is 1. The molecular formula is C18H22N2O3. The zero-order valence-corrected chi connectivity index (χ0v) is 13.7. The topological polar surface area (TPSA) is 64.4 Å². The van der Waals surface area contributed by atoms with Gasteiger partial charge in [-0.2, -0.15) is 0 Å². The number of hydrogen-bond donors (Lipinski definition) is 1. The molecule has 1 aliphatic heterocycles. The van der Waals surface area contributed by atoms with Crippen molar-refractivity contribution in [1.82, 2.24) is 10.3 Å². The molecule has 3 rings (SSSR count). The molecule has 122 valence electrons. The quantitative estimate of drug-likeness (QED) is 0.941. The van der Waals surface area contributed by atoms with Crippen LogP contribution in [0.3, 0.4) is 0 Å². The average Bonchev–Trinajstić information content (AvgIpc) is 3.08. The molecule has 1 saturated heterocycles. The number of amides is 1. The van der Waals surface area contributed by atoms with Crippen molar-refractivity contribution in [3.8, 4) is 11.5 Å². The SMILES string of the molecule is Cc1nc(-c2ccccc2)oc1C(=O)NC[C@@H]1C[C@H](C)O[C@H]1C. The third kappa shape index (κ3) is 3.45. The number of carbonyl (C=O) groups excluding carboxylic acids is 1. The summed E-state index contributed by atoms with van der Waals surface area (Å²) in [4.78, 5) is 16.7.